The summed E-state index contributed by atoms with van der Waals surface area (Å²) >= 11 is 7.25. The van der Waals surface area contributed by atoms with E-state index in [4.69, 9.17) is 11.6 Å². The fourth-order valence-electron chi connectivity index (χ4n) is 2.19. The maximum Gasteiger partial charge on any atom is 0.233 e. The van der Waals surface area contributed by atoms with Gasteiger partial charge in [0, 0.05) is 18.6 Å². The van der Waals surface area contributed by atoms with Crippen molar-refractivity contribution in [1.82, 2.24) is 25.1 Å². The third-order valence-electron chi connectivity index (χ3n) is 3.53. The Morgan fingerprint density at radius 1 is 1.33 bits per heavy atom. The first-order valence-electron chi connectivity index (χ1n) is 7.36. The second-order valence-electron chi connectivity index (χ2n) is 5.29. The number of hydrogen-bond donors (Lipinski definition) is 1. The fourth-order valence-corrected chi connectivity index (χ4v) is 3.22. The Bertz CT molecular complexity index is 865. The van der Waals surface area contributed by atoms with Crippen LogP contribution in [0.2, 0.25) is 5.02 Å². The molecule has 3 rings (SSSR count). The molecule has 6 nitrogen and oxygen atoms in total. The van der Waals surface area contributed by atoms with E-state index in [1.165, 1.54) is 18.1 Å². The van der Waals surface area contributed by atoms with E-state index in [-0.39, 0.29) is 11.2 Å². The lowest BCUT2D eigenvalue weighted by atomic mass is 10.2. The molecule has 0 aliphatic heterocycles. The normalized spacial score (nSPS) is 12.3. The number of thioether (sulfide) groups is 1. The molecule has 0 saturated heterocycles. The summed E-state index contributed by atoms with van der Waals surface area (Å²) in [6.45, 7) is 2.32. The average Bonchev–Trinajstić information content (AvgIpc) is 2.96. The van der Waals surface area contributed by atoms with Gasteiger partial charge in [0.1, 0.15) is 11.4 Å². The summed E-state index contributed by atoms with van der Waals surface area (Å²) in [5, 5.41) is 9.10. The van der Waals surface area contributed by atoms with E-state index in [1.54, 1.807) is 23.0 Å². The number of fused-ring (bicyclic) bond motifs is 1. The number of carbonyl (C=O) groups is 1. The van der Waals surface area contributed by atoms with Crippen LogP contribution in [0.1, 0.15) is 12.5 Å². The minimum Gasteiger partial charge on any atom is -0.351 e. The molecule has 0 bridgehead atoms. The second kappa shape index (κ2) is 7.19. The van der Waals surface area contributed by atoms with Gasteiger partial charge >= 0.3 is 0 Å². The van der Waals surface area contributed by atoms with Gasteiger partial charge in [-0.3, -0.25) is 9.48 Å². The number of aromatic nitrogens is 4. The first-order chi connectivity index (χ1) is 11.5. The number of nitrogens with one attached hydrogen (secondary N) is 1. The molecule has 8 heteroatoms. The van der Waals surface area contributed by atoms with Crippen molar-refractivity contribution >= 4 is 40.3 Å². The molecule has 1 amide bonds. The number of hydrogen-bond acceptors (Lipinski definition) is 5. The zero-order valence-corrected chi connectivity index (χ0v) is 14.8. The summed E-state index contributed by atoms with van der Waals surface area (Å²) in [7, 11) is 1.83. The number of rotatable bonds is 5. The fraction of sp³-hybridized carbons (Fsp3) is 0.250. The van der Waals surface area contributed by atoms with Crippen LogP contribution in [0.3, 0.4) is 0 Å². The molecule has 0 unspecified atom stereocenters. The van der Waals surface area contributed by atoms with E-state index in [9.17, 15) is 4.79 Å². The highest BCUT2D eigenvalue weighted by Crippen LogP contribution is 2.27. The van der Waals surface area contributed by atoms with Gasteiger partial charge in [-0.25, -0.2) is 9.97 Å². The quantitative estimate of drug-likeness (QED) is 0.558. The lowest BCUT2D eigenvalue weighted by Crippen LogP contribution is -2.30. The number of amides is 1. The van der Waals surface area contributed by atoms with Crippen molar-refractivity contribution in [3.05, 3.63) is 47.4 Å². The van der Waals surface area contributed by atoms with E-state index < -0.39 is 0 Å². The van der Waals surface area contributed by atoms with Crippen LogP contribution >= 0.6 is 23.4 Å². The molecule has 3 aromatic rings. The van der Waals surface area contributed by atoms with Crippen molar-refractivity contribution in [1.29, 1.82) is 0 Å². The lowest BCUT2D eigenvalue weighted by Gasteiger charge is -2.12. The molecule has 0 radical (unpaired) electrons. The predicted molar refractivity (Wildman–Crippen MR) is 94.9 cm³/mol. The monoisotopic (exact) mass is 361 g/mol. The number of nitrogens with zero attached hydrogens (tertiary/aromatic N) is 4. The Labute approximate surface area is 148 Å². The Morgan fingerprint density at radius 2 is 2.08 bits per heavy atom. The zero-order chi connectivity index (χ0) is 17.1. The van der Waals surface area contributed by atoms with Gasteiger partial charge in [-0.05, 0) is 24.6 Å². The summed E-state index contributed by atoms with van der Waals surface area (Å²) in [6.07, 6.45) is 3.21. The number of halogens is 1. The summed E-state index contributed by atoms with van der Waals surface area (Å²) in [4.78, 5) is 20.8. The SMILES string of the molecule is C[C@@H](Sc1ncnc2c1cnn2C)C(=O)NCc1ccc(Cl)cc1. The maximum atomic E-state index is 12.3. The third-order valence-corrected chi connectivity index (χ3v) is 4.90. The summed E-state index contributed by atoms with van der Waals surface area (Å²) in [6, 6.07) is 7.40. The Kier molecular flexibility index (Phi) is 5.01. The van der Waals surface area contributed by atoms with Crippen molar-refractivity contribution in [2.45, 2.75) is 23.7 Å². The molecule has 0 saturated carbocycles. The van der Waals surface area contributed by atoms with Gasteiger partial charge in [-0.15, -0.1) is 0 Å². The molecule has 0 spiro atoms. The van der Waals surface area contributed by atoms with Gasteiger partial charge in [-0.1, -0.05) is 35.5 Å². The van der Waals surface area contributed by atoms with E-state index in [2.05, 4.69) is 20.4 Å². The average molecular weight is 362 g/mol. The Hall–Kier alpha value is -2.12. The van der Waals surface area contributed by atoms with E-state index in [1.807, 2.05) is 26.1 Å². The third kappa shape index (κ3) is 3.68. The van der Waals surface area contributed by atoms with Gasteiger partial charge in [0.05, 0.1) is 16.8 Å². The Balaban J connectivity index is 1.64. The van der Waals surface area contributed by atoms with Crippen LogP contribution in [0.4, 0.5) is 0 Å². The van der Waals surface area contributed by atoms with Crippen LogP contribution in [-0.2, 0) is 18.4 Å². The zero-order valence-electron chi connectivity index (χ0n) is 13.2. The van der Waals surface area contributed by atoms with Crippen LogP contribution in [0.25, 0.3) is 11.0 Å². The topological polar surface area (TPSA) is 72.7 Å². The molecule has 124 valence electrons. The highest BCUT2D eigenvalue weighted by atomic mass is 35.5. The smallest absolute Gasteiger partial charge is 0.233 e. The van der Waals surface area contributed by atoms with Crippen LogP contribution in [0.15, 0.2) is 41.8 Å². The molecule has 24 heavy (non-hydrogen) atoms. The van der Waals surface area contributed by atoms with Crippen LogP contribution in [0, 0.1) is 0 Å². The number of benzene rings is 1. The van der Waals surface area contributed by atoms with Gasteiger partial charge in [0.15, 0.2) is 5.65 Å². The largest absolute Gasteiger partial charge is 0.351 e. The first-order valence-corrected chi connectivity index (χ1v) is 8.62. The highest BCUT2D eigenvalue weighted by Gasteiger charge is 2.17. The molecule has 0 aliphatic rings. The van der Waals surface area contributed by atoms with Crippen LogP contribution in [-0.4, -0.2) is 30.9 Å². The summed E-state index contributed by atoms with van der Waals surface area (Å²) in [5.41, 5.74) is 1.75. The minimum atomic E-state index is -0.282. The molecule has 1 N–H and O–H groups in total. The first kappa shape index (κ1) is 16.7. The minimum absolute atomic E-state index is 0.0504. The van der Waals surface area contributed by atoms with Crippen LogP contribution in [0.5, 0.6) is 0 Å². The Morgan fingerprint density at radius 3 is 2.83 bits per heavy atom. The van der Waals surface area contributed by atoms with E-state index in [0.717, 1.165) is 21.6 Å². The van der Waals surface area contributed by atoms with Crippen molar-refractivity contribution in [2.24, 2.45) is 7.05 Å². The standard InChI is InChI=1S/C16H16ClN5OS/c1-10(15(23)18-7-11-3-5-12(17)6-4-11)24-16-13-8-21-22(2)14(13)19-9-20-16/h3-6,8-10H,7H2,1-2H3,(H,18,23)/t10-/m1/s1. The molecule has 1 aromatic carbocycles. The van der Waals surface area contributed by atoms with Crippen LogP contribution < -0.4 is 5.32 Å². The molecule has 2 heterocycles. The summed E-state index contributed by atoms with van der Waals surface area (Å²) in [5.74, 6) is -0.0504. The molecular weight excluding hydrogens is 346 g/mol. The van der Waals surface area contributed by atoms with Crippen molar-refractivity contribution in [2.75, 3.05) is 0 Å². The van der Waals surface area contributed by atoms with Crippen molar-refractivity contribution in [3.8, 4) is 0 Å². The predicted octanol–water partition coefficient (Wildman–Crippen LogP) is 2.81. The molecular formula is C16H16ClN5OS. The van der Waals surface area contributed by atoms with Gasteiger partial charge < -0.3 is 5.32 Å². The molecule has 2 aromatic heterocycles. The van der Waals surface area contributed by atoms with Gasteiger partial charge in [-0.2, -0.15) is 5.10 Å². The number of carbonyl (C=O) groups excluding carboxylic acids is 1. The highest BCUT2D eigenvalue weighted by molar-refractivity contribution is 8.00. The number of aryl methyl sites for hydroxylation is 1. The lowest BCUT2D eigenvalue weighted by molar-refractivity contribution is -0.120. The molecule has 0 fully saturated rings. The summed E-state index contributed by atoms with van der Waals surface area (Å²) < 4.78 is 1.69. The van der Waals surface area contributed by atoms with E-state index in [0.29, 0.717) is 11.6 Å². The van der Waals surface area contributed by atoms with E-state index >= 15 is 0 Å². The molecule has 0 aliphatic carbocycles. The molecule has 1 atom stereocenters. The van der Waals surface area contributed by atoms with Gasteiger partial charge in [0.2, 0.25) is 5.91 Å². The van der Waals surface area contributed by atoms with Crippen molar-refractivity contribution in [3.63, 3.8) is 0 Å². The van der Waals surface area contributed by atoms with Crippen molar-refractivity contribution < 1.29 is 4.79 Å². The maximum absolute atomic E-state index is 12.3. The second-order valence-corrected chi connectivity index (χ2v) is 7.05. The van der Waals surface area contributed by atoms with Gasteiger partial charge in [0.25, 0.3) is 0 Å².